The summed E-state index contributed by atoms with van der Waals surface area (Å²) in [6.45, 7) is 0.235. The van der Waals surface area contributed by atoms with Crippen LogP contribution in [-0.4, -0.2) is 45.7 Å². The molecule has 3 N–H and O–H groups in total. The van der Waals surface area contributed by atoms with Gasteiger partial charge in [0.2, 0.25) is 0 Å². The van der Waals surface area contributed by atoms with E-state index in [1.807, 2.05) is 0 Å². The zero-order chi connectivity index (χ0) is 13.7. The minimum Gasteiger partial charge on any atom is -0.507 e. The fourth-order valence-electron chi connectivity index (χ4n) is 1.51. The van der Waals surface area contributed by atoms with Crippen molar-refractivity contribution >= 4 is 11.9 Å². The SMILES string of the molecule is CN(CCCC(=O)O)C(=O)c1c(O)cccc1O. The number of amides is 1. The molecular formula is C12H15NO5. The Hall–Kier alpha value is -2.24. The Morgan fingerprint density at radius 2 is 1.78 bits per heavy atom. The van der Waals surface area contributed by atoms with Crippen LogP contribution >= 0.6 is 0 Å². The average Bonchev–Trinajstić information content (AvgIpc) is 2.27. The van der Waals surface area contributed by atoms with E-state index in [-0.39, 0.29) is 30.0 Å². The van der Waals surface area contributed by atoms with E-state index in [0.29, 0.717) is 6.42 Å². The highest BCUT2D eigenvalue weighted by Crippen LogP contribution is 2.27. The highest BCUT2D eigenvalue weighted by atomic mass is 16.4. The van der Waals surface area contributed by atoms with Gasteiger partial charge in [-0.25, -0.2) is 0 Å². The number of carboxylic acids is 1. The average molecular weight is 253 g/mol. The minimum absolute atomic E-state index is 0.0373. The first kappa shape index (κ1) is 13.8. The third kappa shape index (κ3) is 3.38. The monoisotopic (exact) mass is 253 g/mol. The van der Waals surface area contributed by atoms with Gasteiger partial charge in [0.1, 0.15) is 17.1 Å². The van der Waals surface area contributed by atoms with Gasteiger partial charge in [0.15, 0.2) is 0 Å². The summed E-state index contributed by atoms with van der Waals surface area (Å²) in [5, 5.41) is 27.5. The van der Waals surface area contributed by atoms with Crippen molar-refractivity contribution in [1.82, 2.24) is 4.90 Å². The number of phenols is 2. The first-order valence-corrected chi connectivity index (χ1v) is 5.41. The van der Waals surface area contributed by atoms with Gasteiger partial charge in [-0.3, -0.25) is 9.59 Å². The number of nitrogens with zero attached hydrogens (tertiary/aromatic N) is 1. The quantitative estimate of drug-likeness (QED) is 0.728. The van der Waals surface area contributed by atoms with Crippen LogP contribution < -0.4 is 0 Å². The summed E-state index contributed by atoms with van der Waals surface area (Å²) >= 11 is 0. The minimum atomic E-state index is -0.929. The molecule has 0 radical (unpaired) electrons. The van der Waals surface area contributed by atoms with Gasteiger partial charge in [-0.05, 0) is 18.6 Å². The maximum absolute atomic E-state index is 11.9. The van der Waals surface area contributed by atoms with E-state index in [1.165, 1.54) is 30.1 Å². The number of hydrogen-bond donors (Lipinski definition) is 3. The molecule has 0 saturated carbocycles. The number of carbonyl (C=O) groups is 2. The zero-order valence-electron chi connectivity index (χ0n) is 9.96. The number of aliphatic carboxylic acids is 1. The highest BCUT2D eigenvalue weighted by molar-refractivity contribution is 5.99. The summed E-state index contributed by atoms with van der Waals surface area (Å²) < 4.78 is 0. The fraction of sp³-hybridized carbons (Fsp3) is 0.333. The number of aromatic hydroxyl groups is 2. The van der Waals surface area contributed by atoms with Gasteiger partial charge >= 0.3 is 5.97 Å². The summed E-state index contributed by atoms with van der Waals surface area (Å²) in [6.07, 6.45) is 0.274. The Kier molecular flexibility index (Phi) is 4.53. The molecule has 0 saturated heterocycles. The molecule has 1 aromatic carbocycles. The van der Waals surface area contributed by atoms with Crippen LogP contribution in [0.15, 0.2) is 18.2 Å². The number of carbonyl (C=O) groups excluding carboxylic acids is 1. The summed E-state index contributed by atoms with van der Waals surface area (Å²) in [5.41, 5.74) is -0.171. The number of rotatable bonds is 5. The second-order valence-corrected chi connectivity index (χ2v) is 3.90. The van der Waals surface area contributed by atoms with Crippen LogP contribution in [0.25, 0.3) is 0 Å². The van der Waals surface area contributed by atoms with Crippen molar-refractivity contribution in [3.05, 3.63) is 23.8 Å². The topological polar surface area (TPSA) is 98.1 Å². The third-order valence-electron chi connectivity index (χ3n) is 2.47. The molecule has 0 heterocycles. The molecule has 0 spiro atoms. The molecule has 0 bridgehead atoms. The van der Waals surface area contributed by atoms with E-state index in [9.17, 15) is 19.8 Å². The smallest absolute Gasteiger partial charge is 0.303 e. The second kappa shape index (κ2) is 5.90. The maximum atomic E-state index is 11.9. The van der Waals surface area contributed by atoms with E-state index in [0.717, 1.165) is 0 Å². The highest BCUT2D eigenvalue weighted by Gasteiger charge is 2.19. The second-order valence-electron chi connectivity index (χ2n) is 3.90. The first-order chi connectivity index (χ1) is 8.43. The van der Waals surface area contributed by atoms with E-state index in [1.54, 1.807) is 0 Å². The summed E-state index contributed by atoms with van der Waals surface area (Å²) in [7, 11) is 1.48. The molecule has 98 valence electrons. The van der Waals surface area contributed by atoms with Gasteiger partial charge in [0.05, 0.1) is 0 Å². The van der Waals surface area contributed by atoms with Gasteiger partial charge < -0.3 is 20.2 Å². The first-order valence-electron chi connectivity index (χ1n) is 5.41. The maximum Gasteiger partial charge on any atom is 0.303 e. The molecule has 0 aliphatic rings. The van der Waals surface area contributed by atoms with Crippen molar-refractivity contribution in [2.45, 2.75) is 12.8 Å². The molecule has 6 nitrogen and oxygen atoms in total. The number of benzene rings is 1. The molecule has 0 fully saturated rings. The molecule has 0 aliphatic carbocycles. The molecule has 1 rings (SSSR count). The van der Waals surface area contributed by atoms with Crippen LogP contribution in [0, 0.1) is 0 Å². The Labute approximate surface area is 104 Å². The van der Waals surface area contributed by atoms with Crippen molar-refractivity contribution < 1.29 is 24.9 Å². The zero-order valence-corrected chi connectivity index (χ0v) is 9.96. The Bertz CT molecular complexity index is 438. The fourth-order valence-corrected chi connectivity index (χ4v) is 1.51. The van der Waals surface area contributed by atoms with E-state index in [2.05, 4.69) is 0 Å². The predicted octanol–water partition coefficient (Wildman–Crippen LogP) is 1.03. The lowest BCUT2D eigenvalue weighted by Gasteiger charge is -2.17. The summed E-state index contributed by atoms with van der Waals surface area (Å²) in [5.74, 6) is -2.08. The molecule has 0 unspecified atom stereocenters. The lowest BCUT2D eigenvalue weighted by atomic mass is 10.1. The molecular weight excluding hydrogens is 238 g/mol. The van der Waals surface area contributed by atoms with Crippen molar-refractivity contribution in [2.75, 3.05) is 13.6 Å². The molecule has 1 amide bonds. The largest absolute Gasteiger partial charge is 0.507 e. The third-order valence-corrected chi connectivity index (χ3v) is 2.47. The van der Waals surface area contributed by atoms with Crippen LogP contribution in [0.1, 0.15) is 23.2 Å². The van der Waals surface area contributed by atoms with Gasteiger partial charge in [0.25, 0.3) is 5.91 Å². The van der Waals surface area contributed by atoms with Crippen molar-refractivity contribution in [3.63, 3.8) is 0 Å². The lowest BCUT2D eigenvalue weighted by molar-refractivity contribution is -0.137. The van der Waals surface area contributed by atoms with Gasteiger partial charge in [-0.15, -0.1) is 0 Å². The molecule has 0 aromatic heterocycles. The molecule has 0 atom stereocenters. The molecule has 6 heteroatoms. The van der Waals surface area contributed by atoms with E-state index in [4.69, 9.17) is 5.11 Å². The van der Waals surface area contributed by atoms with Gasteiger partial charge in [0, 0.05) is 20.0 Å². The van der Waals surface area contributed by atoms with Gasteiger partial charge in [-0.2, -0.15) is 0 Å². The number of carboxylic acid groups (broad SMARTS) is 1. The Morgan fingerprint density at radius 1 is 1.22 bits per heavy atom. The normalized spacial score (nSPS) is 10.1. The number of hydrogen-bond acceptors (Lipinski definition) is 4. The van der Waals surface area contributed by atoms with Crippen LogP contribution in [0.4, 0.5) is 0 Å². The standard InChI is InChI=1S/C12H15NO5/c1-13(7-3-6-10(16)17)12(18)11-8(14)4-2-5-9(11)15/h2,4-5,14-15H,3,6-7H2,1H3,(H,16,17). The Morgan fingerprint density at radius 3 is 2.28 bits per heavy atom. The van der Waals surface area contributed by atoms with Crippen molar-refractivity contribution in [1.29, 1.82) is 0 Å². The van der Waals surface area contributed by atoms with Crippen LogP contribution in [0.5, 0.6) is 11.5 Å². The van der Waals surface area contributed by atoms with Crippen LogP contribution in [0.2, 0.25) is 0 Å². The summed E-state index contributed by atoms with van der Waals surface area (Å²) in [6, 6.07) is 4.03. The van der Waals surface area contributed by atoms with E-state index >= 15 is 0 Å². The molecule has 0 aliphatic heterocycles. The molecule has 1 aromatic rings. The van der Waals surface area contributed by atoms with Crippen molar-refractivity contribution in [3.8, 4) is 11.5 Å². The Balaban J connectivity index is 2.72. The number of phenolic OH excluding ortho intramolecular Hbond substituents is 2. The van der Waals surface area contributed by atoms with E-state index < -0.39 is 11.9 Å². The molecule has 18 heavy (non-hydrogen) atoms. The van der Waals surface area contributed by atoms with Crippen LogP contribution in [0.3, 0.4) is 0 Å². The van der Waals surface area contributed by atoms with Gasteiger partial charge in [-0.1, -0.05) is 6.07 Å². The van der Waals surface area contributed by atoms with Crippen LogP contribution in [-0.2, 0) is 4.79 Å². The summed E-state index contributed by atoms with van der Waals surface area (Å²) in [4.78, 5) is 23.5. The van der Waals surface area contributed by atoms with Crippen molar-refractivity contribution in [2.24, 2.45) is 0 Å². The lowest BCUT2D eigenvalue weighted by Crippen LogP contribution is -2.28. The predicted molar refractivity (Wildman–Crippen MR) is 63.6 cm³/mol.